The summed E-state index contributed by atoms with van der Waals surface area (Å²) in [5.74, 6) is -0.546. The van der Waals surface area contributed by atoms with E-state index in [1.54, 1.807) is 0 Å². The van der Waals surface area contributed by atoms with Gasteiger partial charge in [0, 0.05) is 12.1 Å². The van der Waals surface area contributed by atoms with Crippen LogP contribution >= 0.6 is 0 Å². The van der Waals surface area contributed by atoms with E-state index in [4.69, 9.17) is 9.47 Å². The number of rotatable bonds is 7. The van der Waals surface area contributed by atoms with Crippen LogP contribution in [0.3, 0.4) is 0 Å². The van der Waals surface area contributed by atoms with Crippen LogP contribution in [-0.4, -0.2) is 42.7 Å². The van der Waals surface area contributed by atoms with Crippen molar-refractivity contribution in [3.05, 3.63) is 71.8 Å². The minimum Gasteiger partial charge on any atom is -0.462 e. The molecule has 4 heteroatoms. The van der Waals surface area contributed by atoms with Gasteiger partial charge in [0.05, 0.1) is 13.2 Å². The van der Waals surface area contributed by atoms with E-state index in [-0.39, 0.29) is 18.0 Å². The topological polar surface area (TPSA) is 38.8 Å². The number of benzene rings is 2. The van der Waals surface area contributed by atoms with E-state index in [9.17, 15) is 4.79 Å². The first-order valence-corrected chi connectivity index (χ1v) is 10.3. The minimum absolute atomic E-state index is 0.0292. The molecule has 0 aliphatic carbocycles. The zero-order valence-electron chi connectivity index (χ0n) is 16.5. The summed E-state index contributed by atoms with van der Waals surface area (Å²) in [5.41, 5.74) is 2.06. The second-order valence-corrected chi connectivity index (χ2v) is 8.04. The van der Waals surface area contributed by atoms with Gasteiger partial charge in [0.15, 0.2) is 0 Å². The van der Waals surface area contributed by atoms with Gasteiger partial charge in [0.25, 0.3) is 0 Å². The lowest BCUT2D eigenvalue weighted by Gasteiger charge is -2.36. The van der Waals surface area contributed by atoms with Crippen LogP contribution in [0.1, 0.15) is 42.7 Å². The first kappa shape index (κ1) is 19.2. The number of fused-ring (bicyclic) bond motifs is 2. The fourth-order valence-electron chi connectivity index (χ4n) is 4.56. The molecule has 2 bridgehead atoms. The molecule has 148 valence electrons. The molecule has 1 unspecified atom stereocenters. The van der Waals surface area contributed by atoms with Crippen LogP contribution in [0.2, 0.25) is 0 Å². The number of hydrogen-bond donors (Lipinski definition) is 0. The van der Waals surface area contributed by atoms with Crippen LogP contribution in [0.15, 0.2) is 60.7 Å². The molecule has 0 aromatic heterocycles. The van der Waals surface area contributed by atoms with E-state index >= 15 is 0 Å². The Kier molecular flexibility index (Phi) is 6.08. The predicted molar refractivity (Wildman–Crippen MR) is 109 cm³/mol. The highest BCUT2D eigenvalue weighted by molar-refractivity contribution is 5.78. The van der Waals surface area contributed by atoms with Gasteiger partial charge >= 0.3 is 5.97 Å². The largest absolute Gasteiger partial charge is 0.462 e. The van der Waals surface area contributed by atoms with Crippen LogP contribution in [0.5, 0.6) is 0 Å². The number of piperidine rings is 1. The molecule has 0 radical (unpaired) electrons. The second-order valence-electron chi connectivity index (χ2n) is 8.04. The highest BCUT2D eigenvalue weighted by Gasteiger charge is 2.40. The van der Waals surface area contributed by atoms with Gasteiger partial charge in [0.2, 0.25) is 0 Å². The molecule has 0 saturated carbocycles. The Labute approximate surface area is 167 Å². The van der Waals surface area contributed by atoms with Crippen molar-refractivity contribution < 1.29 is 14.3 Å². The first-order chi connectivity index (χ1) is 13.7. The number of nitrogens with zero attached hydrogens (tertiary/aromatic N) is 1. The van der Waals surface area contributed by atoms with Gasteiger partial charge in [-0.25, -0.2) is 0 Å². The normalized spacial score (nSPS) is 25.4. The van der Waals surface area contributed by atoms with Crippen molar-refractivity contribution in [2.45, 2.75) is 56.4 Å². The summed E-state index contributed by atoms with van der Waals surface area (Å²) in [6, 6.07) is 21.0. The summed E-state index contributed by atoms with van der Waals surface area (Å²) >= 11 is 0. The van der Waals surface area contributed by atoms with E-state index in [2.05, 4.69) is 11.9 Å². The van der Waals surface area contributed by atoms with Gasteiger partial charge in [-0.2, -0.15) is 0 Å². The van der Waals surface area contributed by atoms with Gasteiger partial charge in [0.1, 0.15) is 12.0 Å². The van der Waals surface area contributed by atoms with Crippen LogP contribution in [0.25, 0.3) is 0 Å². The van der Waals surface area contributed by atoms with Crippen LogP contribution in [0.4, 0.5) is 0 Å². The molecule has 2 fully saturated rings. The summed E-state index contributed by atoms with van der Waals surface area (Å²) in [7, 11) is 2.20. The lowest BCUT2D eigenvalue weighted by molar-refractivity contribution is -0.156. The summed E-state index contributed by atoms with van der Waals surface area (Å²) in [5, 5.41) is 0. The van der Waals surface area contributed by atoms with Crippen molar-refractivity contribution in [1.82, 2.24) is 4.90 Å². The highest BCUT2D eigenvalue weighted by atomic mass is 16.5. The van der Waals surface area contributed by atoms with Gasteiger partial charge in [-0.1, -0.05) is 60.7 Å². The van der Waals surface area contributed by atoms with E-state index in [0.717, 1.165) is 24.0 Å². The average molecular weight is 380 g/mol. The number of carbonyl (C=O) groups excluding carboxylic acids is 1. The fourth-order valence-corrected chi connectivity index (χ4v) is 4.56. The van der Waals surface area contributed by atoms with Crippen molar-refractivity contribution in [2.24, 2.45) is 0 Å². The SMILES string of the molecule is CN1[C@@H]2CC[C@H]1C[C@@H](OC(=O)C(COCc1ccccc1)c1ccccc1)C2. The fraction of sp³-hybridized carbons (Fsp3) is 0.458. The Morgan fingerprint density at radius 3 is 2.25 bits per heavy atom. The quantitative estimate of drug-likeness (QED) is 0.678. The summed E-state index contributed by atoms with van der Waals surface area (Å²) in [6.45, 7) is 0.826. The highest BCUT2D eigenvalue weighted by Crippen LogP contribution is 2.36. The van der Waals surface area contributed by atoms with Gasteiger partial charge in [-0.15, -0.1) is 0 Å². The Hall–Kier alpha value is -2.17. The summed E-state index contributed by atoms with van der Waals surface area (Å²) in [4.78, 5) is 15.5. The number of ether oxygens (including phenoxy) is 2. The van der Waals surface area contributed by atoms with Gasteiger partial charge < -0.3 is 14.4 Å². The van der Waals surface area contributed by atoms with E-state index in [1.165, 1.54) is 12.8 Å². The molecular formula is C24H29NO3. The molecule has 0 spiro atoms. The van der Waals surface area contributed by atoms with Crippen LogP contribution in [0, 0.1) is 0 Å². The van der Waals surface area contributed by atoms with Crippen LogP contribution in [-0.2, 0) is 20.9 Å². The lowest BCUT2D eigenvalue weighted by atomic mass is 9.98. The zero-order chi connectivity index (χ0) is 19.3. The van der Waals surface area contributed by atoms with E-state index < -0.39 is 0 Å². The smallest absolute Gasteiger partial charge is 0.316 e. The number of hydrogen-bond acceptors (Lipinski definition) is 4. The van der Waals surface area contributed by atoms with Crippen molar-refractivity contribution in [2.75, 3.05) is 13.7 Å². The third kappa shape index (κ3) is 4.45. The van der Waals surface area contributed by atoms with Gasteiger partial charge in [-0.3, -0.25) is 4.79 Å². The molecule has 4 atom stereocenters. The number of esters is 1. The second kappa shape index (κ2) is 8.89. The monoisotopic (exact) mass is 379 g/mol. The van der Waals surface area contributed by atoms with Gasteiger partial charge in [-0.05, 0) is 43.9 Å². The molecule has 2 aromatic rings. The van der Waals surface area contributed by atoms with Crippen molar-refractivity contribution in [1.29, 1.82) is 0 Å². The molecular weight excluding hydrogens is 350 g/mol. The maximum Gasteiger partial charge on any atom is 0.316 e. The maximum absolute atomic E-state index is 13.1. The third-order valence-corrected chi connectivity index (χ3v) is 6.22. The van der Waals surface area contributed by atoms with E-state index in [0.29, 0.717) is 25.3 Å². The Bertz CT molecular complexity index is 750. The third-order valence-electron chi connectivity index (χ3n) is 6.22. The van der Waals surface area contributed by atoms with Crippen molar-refractivity contribution in [3.63, 3.8) is 0 Å². The maximum atomic E-state index is 13.1. The average Bonchev–Trinajstić information content (AvgIpc) is 2.93. The van der Waals surface area contributed by atoms with Crippen molar-refractivity contribution in [3.8, 4) is 0 Å². The molecule has 0 N–H and O–H groups in total. The molecule has 2 aromatic carbocycles. The zero-order valence-corrected chi connectivity index (χ0v) is 16.5. The molecule has 2 aliphatic rings. The molecule has 2 saturated heterocycles. The molecule has 0 amide bonds. The Balaban J connectivity index is 1.39. The summed E-state index contributed by atoms with van der Waals surface area (Å²) < 4.78 is 11.9. The molecule has 4 nitrogen and oxygen atoms in total. The summed E-state index contributed by atoms with van der Waals surface area (Å²) in [6.07, 6.45) is 4.37. The standard InChI is InChI=1S/C24H29NO3/c1-25-20-12-13-21(25)15-22(14-20)28-24(26)23(19-10-6-3-7-11-19)17-27-16-18-8-4-2-5-9-18/h2-11,20-23H,12-17H2,1H3/t20-,21+,22+,23?. The Morgan fingerprint density at radius 1 is 1.00 bits per heavy atom. The Morgan fingerprint density at radius 2 is 1.61 bits per heavy atom. The first-order valence-electron chi connectivity index (χ1n) is 10.3. The van der Waals surface area contributed by atoms with E-state index in [1.807, 2.05) is 60.7 Å². The predicted octanol–water partition coefficient (Wildman–Crippen LogP) is 4.16. The molecule has 28 heavy (non-hydrogen) atoms. The molecule has 2 heterocycles. The van der Waals surface area contributed by atoms with Crippen LogP contribution < -0.4 is 0 Å². The number of carbonyl (C=O) groups is 1. The molecule has 4 rings (SSSR count). The molecule has 2 aliphatic heterocycles. The van der Waals surface area contributed by atoms with Crippen molar-refractivity contribution >= 4 is 5.97 Å². The minimum atomic E-state index is -0.387. The lowest BCUT2D eigenvalue weighted by Crippen LogP contribution is -2.44.